The van der Waals surface area contributed by atoms with Gasteiger partial charge in [0.05, 0.1) is 11.4 Å². The summed E-state index contributed by atoms with van der Waals surface area (Å²) in [6.07, 6.45) is 2.03. The maximum atomic E-state index is 13.2. The van der Waals surface area contributed by atoms with Crippen molar-refractivity contribution >= 4 is 35.4 Å². The van der Waals surface area contributed by atoms with Crippen LogP contribution in [-0.4, -0.2) is 30.1 Å². The quantitative estimate of drug-likeness (QED) is 0.625. The van der Waals surface area contributed by atoms with Crippen LogP contribution in [-0.2, 0) is 14.3 Å². The Kier molecular flexibility index (Phi) is 7.69. The molecule has 0 saturated carbocycles. The topological polar surface area (TPSA) is 96.5 Å². The molecule has 0 radical (unpaired) electrons. The summed E-state index contributed by atoms with van der Waals surface area (Å²) >= 11 is 0. The van der Waals surface area contributed by atoms with E-state index in [9.17, 15) is 18.8 Å². The van der Waals surface area contributed by atoms with Crippen LogP contribution >= 0.6 is 0 Å². The lowest BCUT2D eigenvalue weighted by atomic mass is 10.2. The fourth-order valence-electron chi connectivity index (χ4n) is 2.32. The summed E-state index contributed by atoms with van der Waals surface area (Å²) in [4.78, 5) is 35.9. The molecule has 0 aliphatic rings. The number of carbonyl (C=O) groups excluding carboxylic acids is 3. The molecule has 2 aromatic rings. The Morgan fingerprint density at radius 2 is 1.67 bits per heavy atom. The number of para-hydroxylation sites is 2. The van der Waals surface area contributed by atoms with Crippen molar-refractivity contribution < 1.29 is 23.5 Å². The molecule has 0 fully saturated rings. The number of hydrogen-bond acceptors (Lipinski definition) is 4. The predicted molar refractivity (Wildman–Crippen MR) is 113 cm³/mol. The fourth-order valence-corrected chi connectivity index (χ4v) is 2.32. The summed E-state index contributed by atoms with van der Waals surface area (Å²) in [5, 5.41) is 7.63. The molecule has 3 amide bonds. The summed E-state index contributed by atoms with van der Waals surface area (Å²) in [6, 6.07) is 12.4. The monoisotopic (exact) mass is 413 g/mol. The summed E-state index contributed by atoms with van der Waals surface area (Å²) in [6.45, 7) is 4.85. The minimum absolute atomic E-state index is 0.295. The molecular formula is C22H24FN3O4. The van der Waals surface area contributed by atoms with E-state index in [-0.39, 0.29) is 6.54 Å². The molecule has 158 valence electrons. The van der Waals surface area contributed by atoms with E-state index in [1.165, 1.54) is 24.3 Å². The molecule has 0 unspecified atom stereocenters. The number of anilines is 2. The third kappa shape index (κ3) is 8.14. The number of nitrogens with one attached hydrogen (secondary N) is 3. The molecule has 0 aliphatic heterocycles. The highest BCUT2D eigenvalue weighted by Gasteiger charge is 2.17. The first-order chi connectivity index (χ1) is 14.1. The van der Waals surface area contributed by atoms with Gasteiger partial charge in [0, 0.05) is 6.08 Å². The van der Waals surface area contributed by atoms with Crippen LogP contribution in [0.1, 0.15) is 26.3 Å². The zero-order valence-electron chi connectivity index (χ0n) is 17.0. The second-order valence-electron chi connectivity index (χ2n) is 7.33. The largest absolute Gasteiger partial charge is 0.444 e. The zero-order valence-corrected chi connectivity index (χ0v) is 17.0. The van der Waals surface area contributed by atoms with Crippen LogP contribution < -0.4 is 16.0 Å². The summed E-state index contributed by atoms with van der Waals surface area (Å²) in [7, 11) is 0. The fraction of sp³-hybridized carbons (Fsp3) is 0.227. The molecule has 0 heterocycles. The first-order valence-electron chi connectivity index (χ1n) is 9.23. The summed E-state index contributed by atoms with van der Waals surface area (Å²) in [5.74, 6) is -1.34. The Bertz CT molecular complexity index is 951. The zero-order chi connectivity index (χ0) is 22.1. The van der Waals surface area contributed by atoms with E-state index in [0.717, 1.165) is 0 Å². The van der Waals surface area contributed by atoms with E-state index < -0.39 is 29.3 Å². The lowest BCUT2D eigenvalue weighted by Gasteiger charge is -2.19. The van der Waals surface area contributed by atoms with E-state index >= 15 is 0 Å². The van der Waals surface area contributed by atoms with Crippen molar-refractivity contribution in [2.45, 2.75) is 26.4 Å². The van der Waals surface area contributed by atoms with Gasteiger partial charge in [0.25, 0.3) is 0 Å². The highest BCUT2D eigenvalue weighted by Crippen LogP contribution is 2.21. The molecule has 0 atom stereocenters. The molecule has 7 nitrogen and oxygen atoms in total. The van der Waals surface area contributed by atoms with Gasteiger partial charge in [-0.1, -0.05) is 24.3 Å². The standard InChI is InChI=1S/C22H24FN3O4/c1-22(2,3)30-21(29)24-14-20(28)26-18-10-5-4-9-17(18)25-19(27)12-11-15-7-6-8-16(23)13-15/h4-13H,14H2,1-3H3,(H,24,29)(H,25,27)(H,26,28)/b12-11+. The average molecular weight is 413 g/mol. The van der Waals surface area contributed by atoms with Gasteiger partial charge in [-0.2, -0.15) is 0 Å². The van der Waals surface area contributed by atoms with Crippen molar-refractivity contribution in [3.05, 3.63) is 66.0 Å². The minimum atomic E-state index is -0.707. The minimum Gasteiger partial charge on any atom is -0.444 e. The number of benzene rings is 2. The van der Waals surface area contributed by atoms with Crippen LogP contribution in [0.2, 0.25) is 0 Å². The van der Waals surface area contributed by atoms with E-state index in [4.69, 9.17) is 4.74 Å². The van der Waals surface area contributed by atoms with Crippen molar-refractivity contribution in [3.8, 4) is 0 Å². The highest BCUT2D eigenvalue weighted by atomic mass is 19.1. The van der Waals surface area contributed by atoms with Crippen molar-refractivity contribution in [1.29, 1.82) is 0 Å². The number of hydrogen-bond donors (Lipinski definition) is 3. The average Bonchev–Trinajstić information content (AvgIpc) is 2.65. The molecule has 3 N–H and O–H groups in total. The highest BCUT2D eigenvalue weighted by molar-refractivity contribution is 6.05. The van der Waals surface area contributed by atoms with Crippen LogP contribution in [0.4, 0.5) is 20.6 Å². The Balaban J connectivity index is 1.94. The molecule has 30 heavy (non-hydrogen) atoms. The van der Waals surface area contributed by atoms with Gasteiger partial charge < -0.3 is 20.7 Å². The van der Waals surface area contributed by atoms with Gasteiger partial charge in [-0.3, -0.25) is 9.59 Å². The molecular weight excluding hydrogens is 389 g/mol. The number of ether oxygens (including phenoxy) is 1. The van der Waals surface area contributed by atoms with Gasteiger partial charge in [0.1, 0.15) is 18.0 Å². The number of carbonyl (C=O) groups is 3. The lowest BCUT2D eigenvalue weighted by molar-refractivity contribution is -0.115. The number of rotatable bonds is 6. The third-order valence-electron chi connectivity index (χ3n) is 3.53. The van der Waals surface area contributed by atoms with Crippen molar-refractivity contribution in [2.75, 3.05) is 17.2 Å². The Morgan fingerprint density at radius 3 is 2.30 bits per heavy atom. The SMILES string of the molecule is CC(C)(C)OC(=O)NCC(=O)Nc1ccccc1NC(=O)/C=C/c1cccc(F)c1. The predicted octanol–water partition coefficient (Wildman–Crippen LogP) is 3.94. The van der Waals surface area contributed by atoms with Gasteiger partial charge in [0.15, 0.2) is 0 Å². The van der Waals surface area contributed by atoms with Crippen LogP contribution in [0.5, 0.6) is 0 Å². The Morgan fingerprint density at radius 1 is 1.00 bits per heavy atom. The van der Waals surface area contributed by atoms with E-state index in [1.54, 1.807) is 57.2 Å². The van der Waals surface area contributed by atoms with Crippen LogP contribution in [0.15, 0.2) is 54.6 Å². The van der Waals surface area contributed by atoms with Crippen LogP contribution in [0.25, 0.3) is 6.08 Å². The molecule has 2 aromatic carbocycles. The molecule has 0 spiro atoms. The number of amides is 3. The molecule has 0 aliphatic carbocycles. The van der Waals surface area contributed by atoms with E-state index in [2.05, 4.69) is 16.0 Å². The summed E-state index contributed by atoms with van der Waals surface area (Å²) < 4.78 is 18.3. The maximum Gasteiger partial charge on any atom is 0.408 e. The number of alkyl carbamates (subject to hydrolysis) is 1. The first kappa shape index (κ1) is 22.6. The van der Waals surface area contributed by atoms with Crippen LogP contribution in [0.3, 0.4) is 0 Å². The molecule has 0 saturated heterocycles. The Labute approximate surface area is 174 Å². The van der Waals surface area contributed by atoms with Gasteiger partial charge in [-0.25, -0.2) is 9.18 Å². The molecule has 2 rings (SSSR count). The van der Waals surface area contributed by atoms with E-state index in [1.807, 2.05) is 0 Å². The molecule has 8 heteroatoms. The van der Waals surface area contributed by atoms with Gasteiger partial charge in [-0.15, -0.1) is 0 Å². The molecule has 0 aromatic heterocycles. The summed E-state index contributed by atoms with van der Waals surface area (Å²) in [5.41, 5.74) is 0.606. The lowest BCUT2D eigenvalue weighted by Crippen LogP contribution is -2.37. The van der Waals surface area contributed by atoms with E-state index in [0.29, 0.717) is 16.9 Å². The maximum absolute atomic E-state index is 13.2. The normalized spacial score (nSPS) is 11.1. The van der Waals surface area contributed by atoms with Crippen molar-refractivity contribution in [1.82, 2.24) is 5.32 Å². The molecule has 0 bridgehead atoms. The Hall–Kier alpha value is -3.68. The second kappa shape index (κ2) is 10.2. The van der Waals surface area contributed by atoms with Gasteiger partial charge in [0.2, 0.25) is 11.8 Å². The van der Waals surface area contributed by atoms with Gasteiger partial charge >= 0.3 is 6.09 Å². The third-order valence-corrected chi connectivity index (χ3v) is 3.53. The van der Waals surface area contributed by atoms with Gasteiger partial charge in [-0.05, 0) is 56.7 Å². The number of halogens is 1. The first-order valence-corrected chi connectivity index (χ1v) is 9.23. The smallest absolute Gasteiger partial charge is 0.408 e. The van der Waals surface area contributed by atoms with Crippen molar-refractivity contribution in [3.63, 3.8) is 0 Å². The van der Waals surface area contributed by atoms with Crippen molar-refractivity contribution in [2.24, 2.45) is 0 Å². The van der Waals surface area contributed by atoms with Crippen LogP contribution in [0, 0.1) is 5.82 Å². The second-order valence-corrected chi connectivity index (χ2v) is 7.33.